The Morgan fingerprint density at radius 1 is 1.21 bits per heavy atom. The highest BCUT2D eigenvalue weighted by molar-refractivity contribution is 5.27. The van der Waals surface area contributed by atoms with Crippen LogP contribution >= 0.6 is 0 Å². The van der Waals surface area contributed by atoms with E-state index in [9.17, 15) is 9.18 Å². The first-order valence-corrected chi connectivity index (χ1v) is 6.15. The van der Waals surface area contributed by atoms with Crippen LogP contribution in [0.2, 0.25) is 0 Å². The zero-order chi connectivity index (χ0) is 13.7. The van der Waals surface area contributed by atoms with E-state index in [1.165, 1.54) is 6.07 Å². The summed E-state index contributed by atoms with van der Waals surface area (Å²) in [5, 5.41) is 0. The van der Waals surface area contributed by atoms with E-state index < -0.39 is 6.67 Å². The molecule has 100 valence electrons. The quantitative estimate of drug-likeness (QED) is 0.828. The van der Waals surface area contributed by atoms with Crippen molar-refractivity contribution in [3.05, 3.63) is 64.1 Å². The Labute approximate surface area is 111 Å². The number of aromatic nitrogens is 1. The van der Waals surface area contributed by atoms with E-state index in [1.807, 2.05) is 30.3 Å². The zero-order valence-corrected chi connectivity index (χ0v) is 10.8. The minimum atomic E-state index is -0.470. The molecule has 19 heavy (non-hydrogen) atoms. The number of alkyl halides is 1. The third-order valence-corrected chi connectivity index (χ3v) is 2.94. The largest absolute Gasteiger partial charge is 0.483 e. The number of rotatable bonds is 5. The summed E-state index contributed by atoms with van der Waals surface area (Å²) in [7, 11) is 0. The van der Waals surface area contributed by atoms with Crippen LogP contribution < -0.4 is 10.2 Å². The van der Waals surface area contributed by atoms with Crippen LogP contribution in [0.25, 0.3) is 0 Å². The van der Waals surface area contributed by atoms with Crippen LogP contribution in [0.15, 0.2) is 47.4 Å². The molecule has 0 radical (unpaired) electrons. The molecule has 4 heteroatoms. The fraction of sp³-hybridized carbons (Fsp3) is 0.267. The van der Waals surface area contributed by atoms with Gasteiger partial charge in [-0.25, -0.2) is 4.39 Å². The SMILES string of the molecule is Cc1c(OCc2ccccc2)c(=O)ccn1CCF. The number of nitrogens with zero attached hydrogens (tertiary/aromatic N) is 1. The van der Waals surface area contributed by atoms with Crippen LogP contribution in [-0.2, 0) is 13.2 Å². The van der Waals surface area contributed by atoms with Crippen molar-refractivity contribution in [3.63, 3.8) is 0 Å². The molecule has 0 saturated carbocycles. The van der Waals surface area contributed by atoms with Gasteiger partial charge in [0.05, 0.1) is 12.2 Å². The lowest BCUT2D eigenvalue weighted by Gasteiger charge is -2.13. The van der Waals surface area contributed by atoms with E-state index in [0.29, 0.717) is 18.1 Å². The number of benzene rings is 1. The van der Waals surface area contributed by atoms with Crippen molar-refractivity contribution in [2.75, 3.05) is 6.67 Å². The molecule has 0 unspecified atom stereocenters. The third kappa shape index (κ3) is 3.22. The molecule has 1 heterocycles. The normalized spacial score (nSPS) is 10.4. The van der Waals surface area contributed by atoms with Gasteiger partial charge in [0.1, 0.15) is 13.3 Å². The molecule has 0 aliphatic heterocycles. The highest BCUT2D eigenvalue weighted by Gasteiger charge is 2.08. The van der Waals surface area contributed by atoms with Crippen molar-refractivity contribution in [1.82, 2.24) is 4.57 Å². The van der Waals surface area contributed by atoms with Gasteiger partial charge in [-0.2, -0.15) is 0 Å². The van der Waals surface area contributed by atoms with Gasteiger partial charge in [-0.05, 0) is 12.5 Å². The molecule has 0 aliphatic rings. The van der Waals surface area contributed by atoms with Gasteiger partial charge in [0.25, 0.3) is 0 Å². The zero-order valence-electron chi connectivity index (χ0n) is 10.8. The van der Waals surface area contributed by atoms with Gasteiger partial charge < -0.3 is 9.30 Å². The van der Waals surface area contributed by atoms with E-state index >= 15 is 0 Å². The molecule has 3 nitrogen and oxygen atoms in total. The van der Waals surface area contributed by atoms with E-state index in [0.717, 1.165) is 5.56 Å². The van der Waals surface area contributed by atoms with Crippen molar-refractivity contribution in [2.24, 2.45) is 0 Å². The average Bonchev–Trinajstić information content (AvgIpc) is 2.43. The van der Waals surface area contributed by atoms with Gasteiger partial charge in [-0.3, -0.25) is 4.79 Å². The maximum Gasteiger partial charge on any atom is 0.223 e. The molecule has 0 bridgehead atoms. The van der Waals surface area contributed by atoms with Crippen LogP contribution in [0.3, 0.4) is 0 Å². The van der Waals surface area contributed by atoms with Gasteiger partial charge in [0.15, 0.2) is 5.75 Å². The second kappa shape index (κ2) is 6.18. The summed E-state index contributed by atoms with van der Waals surface area (Å²) in [4.78, 5) is 11.8. The first-order valence-electron chi connectivity index (χ1n) is 6.15. The van der Waals surface area contributed by atoms with Crippen LogP contribution in [0.5, 0.6) is 5.75 Å². The number of ether oxygens (including phenoxy) is 1. The molecule has 0 amide bonds. The topological polar surface area (TPSA) is 31.2 Å². The molecule has 0 fully saturated rings. The molecule has 0 saturated heterocycles. The highest BCUT2D eigenvalue weighted by Crippen LogP contribution is 2.13. The van der Waals surface area contributed by atoms with Crippen molar-refractivity contribution >= 4 is 0 Å². The Bertz CT molecular complexity index is 593. The molecule has 2 aromatic rings. The molecule has 1 aromatic carbocycles. The lowest BCUT2D eigenvalue weighted by Crippen LogP contribution is -2.15. The maximum absolute atomic E-state index is 12.4. The van der Waals surface area contributed by atoms with Crippen molar-refractivity contribution in [2.45, 2.75) is 20.1 Å². The Morgan fingerprint density at radius 3 is 2.63 bits per heavy atom. The summed E-state index contributed by atoms with van der Waals surface area (Å²) >= 11 is 0. The molecule has 2 rings (SSSR count). The lowest BCUT2D eigenvalue weighted by molar-refractivity contribution is 0.296. The van der Waals surface area contributed by atoms with E-state index in [-0.39, 0.29) is 12.0 Å². The highest BCUT2D eigenvalue weighted by atomic mass is 19.1. The maximum atomic E-state index is 12.4. The Hall–Kier alpha value is -2.10. The minimum Gasteiger partial charge on any atom is -0.483 e. The molecule has 0 aliphatic carbocycles. The molecule has 0 spiro atoms. The molecular formula is C15H16FNO2. The summed E-state index contributed by atoms with van der Waals surface area (Å²) in [5.41, 5.74) is 1.46. The second-order valence-electron chi connectivity index (χ2n) is 4.25. The Balaban J connectivity index is 2.20. The number of aryl methyl sites for hydroxylation is 1. The number of halogens is 1. The fourth-order valence-corrected chi connectivity index (χ4v) is 1.89. The third-order valence-electron chi connectivity index (χ3n) is 2.94. The Morgan fingerprint density at radius 2 is 1.95 bits per heavy atom. The van der Waals surface area contributed by atoms with Crippen molar-refractivity contribution in [1.29, 1.82) is 0 Å². The summed E-state index contributed by atoms with van der Waals surface area (Å²) in [6.45, 7) is 1.85. The first-order chi connectivity index (χ1) is 9.22. The van der Waals surface area contributed by atoms with Crippen LogP contribution in [0.4, 0.5) is 4.39 Å². The minimum absolute atomic E-state index is 0.177. The summed E-state index contributed by atoms with van der Waals surface area (Å²) in [6, 6.07) is 11.0. The average molecular weight is 261 g/mol. The molecule has 1 aromatic heterocycles. The first kappa shape index (κ1) is 13.3. The van der Waals surface area contributed by atoms with Gasteiger partial charge in [-0.1, -0.05) is 30.3 Å². The van der Waals surface area contributed by atoms with E-state index in [1.54, 1.807) is 17.7 Å². The summed E-state index contributed by atoms with van der Waals surface area (Å²) in [5.74, 6) is 0.291. The fourth-order valence-electron chi connectivity index (χ4n) is 1.89. The lowest BCUT2D eigenvalue weighted by atomic mass is 10.2. The molecule has 0 atom stereocenters. The molecular weight excluding hydrogens is 245 g/mol. The molecule has 0 N–H and O–H groups in total. The number of pyridine rings is 1. The number of hydrogen-bond acceptors (Lipinski definition) is 2. The monoisotopic (exact) mass is 261 g/mol. The van der Waals surface area contributed by atoms with Crippen molar-refractivity contribution in [3.8, 4) is 5.75 Å². The predicted molar refractivity (Wildman–Crippen MR) is 72.2 cm³/mol. The number of hydrogen-bond donors (Lipinski definition) is 0. The van der Waals surface area contributed by atoms with Gasteiger partial charge in [-0.15, -0.1) is 0 Å². The standard InChI is InChI=1S/C15H16FNO2/c1-12-15(14(18)7-9-17(12)10-8-16)19-11-13-5-3-2-4-6-13/h2-7,9H,8,10-11H2,1H3. The van der Waals surface area contributed by atoms with Gasteiger partial charge >= 0.3 is 0 Å². The second-order valence-corrected chi connectivity index (χ2v) is 4.25. The van der Waals surface area contributed by atoms with Gasteiger partial charge in [0, 0.05) is 12.3 Å². The Kier molecular flexibility index (Phi) is 4.34. The summed E-state index contributed by atoms with van der Waals surface area (Å²) in [6.07, 6.45) is 1.59. The van der Waals surface area contributed by atoms with E-state index in [2.05, 4.69) is 0 Å². The van der Waals surface area contributed by atoms with Crippen LogP contribution in [0, 0.1) is 6.92 Å². The van der Waals surface area contributed by atoms with E-state index in [4.69, 9.17) is 4.74 Å². The summed E-state index contributed by atoms with van der Waals surface area (Å²) < 4.78 is 19.7. The van der Waals surface area contributed by atoms with Gasteiger partial charge in [0.2, 0.25) is 5.43 Å². The van der Waals surface area contributed by atoms with Crippen LogP contribution in [0.1, 0.15) is 11.3 Å². The van der Waals surface area contributed by atoms with Crippen molar-refractivity contribution < 1.29 is 9.13 Å². The smallest absolute Gasteiger partial charge is 0.223 e. The predicted octanol–water partition coefficient (Wildman–Crippen LogP) is 2.71. The van der Waals surface area contributed by atoms with Crippen LogP contribution in [-0.4, -0.2) is 11.2 Å².